The Bertz CT molecular complexity index is 964. The van der Waals surface area contributed by atoms with Gasteiger partial charge >= 0.3 is 6.09 Å². The van der Waals surface area contributed by atoms with Crippen LogP contribution in [0.5, 0.6) is 0 Å². The first-order valence-corrected chi connectivity index (χ1v) is 12.4. The molecule has 0 bridgehead atoms. The molecule has 1 saturated heterocycles. The van der Waals surface area contributed by atoms with Crippen molar-refractivity contribution in [2.75, 3.05) is 19.7 Å². The fourth-order valence-corrected chi connectivity index (χ4v) is 5.39. The zero-order chi connectivity index (χ0) is 23.3. The van der Waals surface area contributed by atoms with Gasteiger partial charge in [-0.25, -0.2) is 4.79 Å². The van der Waals surface area contributed by atoms with Crippen molar-refractivity contribution in [2.24, 2.45) is 0 Å². The van der Waals surface area contributed by atoms with Crippen LogP contribution in [0.1, 0.15) is 69.8 Å². The molecular formula is C27H36N2O4. The molecule has 2 atom stereocenters. The van der Waals surface area contributed by atoms with Crippen molar-refractivity contribution in [1.29, 1.82) is 0 Å². The number of ether oxygens (including phenoxy) is 1. The summed E-state index contributed by atoms with van der Waals surface area (Å²) >= 11 is 0. The molecule has 2 fully saturated rings. The molecule has 6 nitrogen and oxygen atoms in total. The molecule has 178 valence electrons. The van der Waals surface area contributed by atoms with E-state index in [-0.39, 0.29) is 11.9 Å². The first-order chi connectivity index (χ1) is 16.0. The number of aliphatic hydroxyl groups is 1. The summed E-state index contributed by atoms with van der Waals surface area (Å²) in [6, 6.07) is 14.0. The second kappa shape index (κ2) is 10.6. The summed E-state index contributed by atoms with van der Waals surface area (Å²) in [7, 11) is 0. The van der Waals surface area contributed by atoms with E-state index in [0.29, 0.717) is 39.0 Å². The Hall–Kier alpha value is -2.60. The molecule has 1 heterocycles. The molecule has 1 aliphatic heterocycles. The third-order valence-electron chi connectivity index (χ3n) is 7.19. The van der Waals surface area contributed by atoms with E-state index in [1.54, 1.807) is 0 Å². The minimum atomic E-state index is -1.05. The highest BCUT2D eigenvalue weighted by Gasteiger charge is 2.46. The number of fused-ring (bicyclic) bond motifs is 1. The lowest BCUT2D eigenvalue weighted by molar-refractivity contribution is -0.140. The van der Waals surface area contributed by atoms with Crippen LogP contribution < -0.4 is 5.32 Å². The number of unbranched alkanes of at least 4 members (excludes halogenated alkanes) is 1. The summed E-state index contributed by atoms with van der Waals surface area (Å²) in [4.78, 5) is 27.8. The Morgan fingerprint density at radius 3 is 2.70 bits per heavy atom. The molecule has 2 N–H and O–H groups in total. The lowest BCUT2D eigenvalue weighted by Crippen LogP contribution is -2.48. The highest BCUT2D eigenvalue weighted by Crippen LogP contribution is 2.43. The van der Waals surface area contributed by atoms with Gasteiger partial charge < -0.3 is 20.1 Å². The van der Waals surface area contributed by atoms with Gasteiger partial charge in [0.2, 0.25) is 5.91 Å². The summed E-state index contributed by atoms with van der Waals surface area (Å²) in [5.41, 5.74) is -0.151. The standard InChI is InChI=1S/C27H36N2O4/c1-2-3-18-33-26(31)28-21-14-17-29(19-21)25(30)24(27(32)15-7-4-8-16-27)23-13-9-11-20-10-5-6-12-22(20)23/h5-6,9-13,21,24,32H,2-4,7-8,14-19H2,1H3,(H,28,31)/t21-,24?/m0/s1. The third kappa shape index (κ3) is 5.32. The molecule has 1 aliphatic carbocycles. The summed E-state index contributed by atoms with van der Waals surface area (Å²) in [5.74, 6) is -0.654. The van der Waals surface area contributed by atoms with Gasteiger partial charge in [0.05, 0.1) is 24.2 Å². The van der Waals surface area contributed by atoms with Crippen LogP contribution in [-0.2, 0) is 9.53 Å². The third-order valence-corrected chi connectivity index (χ3v) is 7.19. The summed E-state index contributed by atoms with van der Waals surface area (Å²) in [5, 5.41) is 16.8. The van der Waals surface area contributed by atoms with E-state index in [4.69, 9.17) is 4.74 Å². The monoisotopic (exact) mass is 452 g/mol. The van der Waals surface area contributed by atoms with Crippen LogP contribution in [0.15, 0.2) is 42.5 Å². The highest BCUT2D eigenvalue weighted by atomic mass is 16.5. The number of carbonyl (C=O) groups excluding carboxylic acids is 2. The molecule has 2 aromatic carbocycles. The van der Waals surface area contributed by atoms with Crippen molar-refractivity contribution in [3.63, 3.8) is 0 Å². The van der Waals surface area contributed by atoms with Crippen LogP contribution in [0, 0.1) is 0 Å². The van der Waals surface area contributed by atoms with E-state index in [1.807, 2.05) is 54.3 Å². The Morgan fingerprint density at radius 1 is 1.15 bits per heavy atom. The Kier molecular flexibility index (Phi) is 7.53. The van der Waals surface area contributed by atoms with E-state index in [1.165, 1.54) is 0 Å². The molecule has 0 aromatic heterocycles. The molecule has 1 unspecified atom stereocenters. The molecule has 1 saturated carbocycles. The maximum Gasteiger partial charge on any atom is 0.407 e. The van der Waals surface area contributed by atoms with E-state index < -0.39 is 17.6 Å². The van der Waals surface area contributed by atoms with E-state index in [9.17, 15) is 14.7 Å². The lowest BCUT2D eigenvalue weighted by Gasteiger charge is -2.40. The Labute approximate surface area is 196 Å². The normalized spacial score (nSPS) is 21.0. The van der Waals surface area contributed by atoms with Crippen molar-refractivity contribution in [3.05, 3.63) is 48.0 Å². The van der Waals surface area contributed by atoms with Crippen molar-refractivity contribution in [3.8, 4) is 0 Å². The van der Waals surface area contributed by atoms with Gasteiger partial charge in [0.25, 0.3) is 0 Å². The number of nitrogens with one attached hydrogen (secondary N) is 1. The zero-order valence-electron chi connectivity index (χ0n) is 19.6. The zero-order valence-corrected chi connectivity index (χ0v) is 19.6. The topological polar surface area (TPSA) is 78.9 Å². The number of likely N-dealkylation sites (tertiary alicyclic amines) is 1. The quantitative estimate of drug-likeness (QED) is 0.595. The number of hydrogen-bond donors (Lipinski definition) is 2. The molecule has 33 heavy (non-hydrogen) atoms. The summed E-state index contributed by atoms with van der Waals surface area (Å²) < 4.78 is 5.22. The van der Waals surface area contributed by atoms with Crippen LogP contribution in [0.3, 0.4) is 0 Å². The van der Waals surface area contributed by atoms with Crippen molar-refractivity contribution in [1.82, 2.24) is 10.2 Å². The molecule has 6 heteroatoms. The molecule has 2 aromatic rings. The van der Waals surface area contributed by atoms with E-state index in [2.05, 4.69) is 5.32 Å². The number of hydrogen-bond acceptors (Lipinski definition) is 4. The minimum absolute atomic E-state index is 0.0422. The average molecular weight is 453 g/mol. The first-order valence-electron chi connectivity index (χ1n) is 12.4. The average Bonchev–Trinajstić information content (AvgIpc) is 3.28. The van der Waals surface area contributed by atoms with Crippen molar-refractivity contribution in [2.45, 2.75) is 75.9 Å². The van der Waals surface area contributed by atoms with Crippen LogP contribution in [0.2, 0.25) is 0 Å². The predicted octanol–water partition coefficient (Wildman–Crippen LogP) is 4.75. The number of nitrogens with zero attached hydrogens (tertiary/aromatic N) is 1. The SMILES string of the molecule is CCCCOC(=O)N[C@H]1CCN(C(=O)C(c2cccc3ccccc23)C2(O)CCCCC2)C1. The largest absolute Gasteiger partial charge is 0.450 e. The number of carbonyl (C=O) groups is 2. The fourth-order valence-electron chi connectivity index (χ4n) is 5.39. The summed E-state index contributed by atoms with van der Waals surface area (Å²) in [6.07, 6.45) is 6.30. The van der Waals surface area contributed by atoms with Crippen molar-refractivity contribution >= 4 is 22.8 Å². The van der Waals surface area contributed by atoms with Gasteiger partial charge in [-0.1, -0.05) is 75.1 Å². The number of benzene rings is 2. The number of rotatable bonds is 7. The van der Waals surface area contributed by atoms with Crippen LogP contribution >= 0.6 is 0 Å². The smallest absolute Gasteiger partial charge is 0.407 e. The molecule has 0 radical (unpaired) electrons. The lowest BCUT2D eigenvalue weighted by atomic mass is 9.71. The Balaban J connectivity index is 1.55. The molecule has 4 rings (SSSR count). The molecule has 0 spiro atoms. The van der Waals surface area contributed by atoms with Crippen LogP contribution in [0.4, 0.5) is 4.79 Å². The first kappa shape index (κ1) is 23.6. The maximum absolute atomic E-state index is 14.0. The van der Waals surface area contributed by atoms with Gasteiger partial charge in [-0.05, 0) is 42.0 Å². The number of alkyl carbamates (subject to hydrolysis) is 1. The van der Waals surface area contributed by atoms with Gasteiger partial charge in [-0.15, -0.1) is 0 Å². The Morgan fingerprint density at radius 2 is 1.91 bits per heavy atom. The van der Waals surface area contributed by atoms with Gasteiger partial charge in [0.15, 0.2) is 0 Å². The highest BCUT2D eigenvalue weighted by molar-refractivity contribution is 5.94. The van der Waals surface area contributed by atoms with Crippen LogP contribution in [-0.4, -0.2) is 53.3 Å². The second-order valence-corrected chi connectivity index (χ2v) is 9.57. The maximum atomic E-state index is 14.0. The van der Waals surface area contributed by atoms with Gasteiger partial charge in [0, 0.05) is 13.1 Å². The van der Waals surface area contributed by atoms with Crippen molar-refractivity contribution < 1.29 is 19.4 Å². The van der Waals surface area contributed by atoms with E-state index in [0.717, 1.165) is 48.4 Å². The fraction of sp³-hybridized carbons (Fsp3) is 0.556. The summed E-state index contributed by atoms with van der Waals surface area (Å²) in [6.45, 7) is 3.47. The van der Waals surface area contributed by atoms with Gasteiger partial charge in [-0.3, -0.25) is 4.79 Å². The molecule has 2 aliphatic rings. The molecular weight excluding hydrogens is 416 g/mol. The van der Waals surface area contributed by atoms with Gasteiger partial charge in [-0.2, -0.15) is 0 Å². The number of amides is 2. The van der Waals surface area contributed by atoms with E-state index >= 15 is 0 Å². The van der Waals surface area contributed by atoms with Crippen LogP contribution in [0.25, 0.3) is 10.8 Å². The second-order valence-electron chi connectivity index (χ2n) is 9.57. The van der Waals surface area contributed by atoms with Gasteiger partial charge in [0.1, 0.15) is 0 Å². The predicted molar refractivity (Wildman–Crippen MR) is 129 cm³/mol. The minimum Gasteiger partial charge on any atom is -0.450 e. The molecule has 2 amide bonds.